The smallest absolute Gasteiger partial charge is 0.254 e. The van der Waals surface area contributed by atoms with Gasteiger partial charge in [-0.3, -0.25) is 4.79 Å². The second-order valence-corrected chi connectivity index (χ2v) is 5.63. The molecular formula is C21H25NO4. The summed E-state index contributed by atoms with van der Waals surface area (Å²) in [6.45, 7) is 7.10. The van der Waals surface area contributed by atoms with Crippen LogP contribution in [-0.4, -0.2) is 38.2 Å². The number of ether oxygens (including phenoxy) is 3. The Morgan fingerprint density at radius 2 is 1.77 bits per heavy atom. The van der Waals surface area contributed by atoms with E-state index in [9.17, 15) is 4.79 Å². The van der Waals surface area contributed by atoms with Crippen LogP contribution in [0.1, 0.15) is 22.8 Å². The minimum absolute atomic E-state index is 0.0300. The highest BCUT2D eigenvalue weighted by atomic mass is 16.5. The van der Waals surface area contributed by atoms with E-state index in [4.69, 9.17) is 14.2 Å². The van der Waals surface area contributed by atoms with Crippen molar-refractivity contribution in [3.8, 4) is 17.2 Å². The van der Waals surface area contributed by atoms with E-state index >= 15 is 0 Å². The molecule has 0 bridgehead atoms. The second kappa shape index (κ2) is 9.51. The third-order valence-corrected chi connectivity index (χ3v) is 3.96. The van der Waals surface area contributed by atoms with Crippen molar-refractivity contribution < 1.29 is 19.0 Å². The summed E-state index contributed by atoms with van der Waals surface area (Å²) in [7, 11) is 3.20. The van der Waals surface area contributed by atoms with E-state index in [1.807, 2.05) is 25.1 Å². The molecule has 0 N–H and O–H groups in total. The molecule has 26 heavy (non-hydrogen) atoms. The highest BCUT2D eigenvalue weighted by Gasteiger charge is 2.16. The van der Waals surface area contributed by atoms with Gasteiger partial charge in [-0.1, -0.05) is 18.7 Å². The summed E-state index contributed by atoms with van der Waals surface area (Å²) in [5.41, 5.74) is 1.60. The largest absolute Gasteiger partial charge is 0.493 e. The Balaban J connectivity index is 2.12. The number of amides is 1. The maximum absolute atomic E-state index is 12.8. The number of nitrogens with zero attached hydrogens (tertiary/aromatic N) is 1. The van der Waals surface area contributed by atoms with Gasteiger partial charge in [-0.2, -0.15) is 0 Å². The topological polar surface area (TPSA) is 48.0 Å². The van der Waals surface area contributed by atoms with E-state index in [0.29, 0.717) is 42.5 Å². The molecule has 5 nitrogen and oxygen atoms in total. The number of rotatable bonds is 9. The van der Waals surface area contributed by atoms with Crippen LogP contribution in [0, 0.1) is 0 Å². The number of hydrogen-bond donors (Lipinski definition) is 0. The molecule has 0 saturated carbocycles. The van der Waals surface area contributed by atoms with Crippen LogP contribution in [0.3, 0.4) is 0 Å². The Morgan fingerprint density at radius 1 is 1.08 bits per heavy atom. The van der Waals surface area contributed by atoms with Gasteiger partial charge < -0.3 is 19.1 Å². The Morgan fingerprint density at radius 3 is 2.35 bits per heavy atom. The van der Waals surface area contributed by atoms with Crippen LogP contribution in [0.4, 0.5) is 0 Å². The van der Waals surface area contributed by atoms with Crippen LogP contribution in [-0.2, 0) is 6.54 Å². The van der Waals surface area contributed by atoms with Crippen molar-refractivity contribution >= 4 is 5.91 Å². The predicted octanol–water partition coefficient (Wildman–Crippen LogP) is 3.93. The lowest BCUT2D eigenvalue weighted by molar-refractivity contribution is 0.0752. The molecule has 0 radical (unpaired) electrons. The fourth-order valence-electron chi connectivity index (χ4n) is 2.56. The molecule has 0 spiro atoms. The fourth-order valence-corrected chi connectivity index (χ4v) is 2.56. The van der Waals surface area contributed by atoms with Crippen LogP contribution in [0.5, 0.6) is 17.2 Å². The van der Waals surface area contributed by atoms with Crippen LogP contribution >= 0.6 is 0 Å². The molecular weight excluding hydrogens is 330 g/mol. The lowest BCUT2D eigenvalue weighted by atomic mass is 10.1. The number of carbonyl (C=O) groups is 1. The van der Waals surface area contributed by atoms with Crippen molar-refractivity contribution in [1.29, 1.82) is 0 Å². The number of hydrogen-bond acceptors (Lipinski definition) is 4. The third kappa shape index (κ3) is 4.79. The molecule has 0 heterocycles. The molecule has 2 rings (SSSR count). The lowest BCUT2D eigenvalue weighted by Gasteiger charge is -2.22. The number of methoxy groups -OCH3 is 2. The summed E-state index contributed by atoms with van der Waals surface area (Å²) in [6, 6.07) is 12.8. The summed E-state index contributed by atoms with van der Waals surface area (Å²) < 4.78 is 16.0. The molecule has 2 aromatic rings. The van der Waals surface area contributed by atoms with Gasteiger partial charge in [0, 0.05) is 18.7 Å². The summed E-state index contributed by atoms with van der Waals surface area (Å²) in [5.74, 6) is 2.00. The van der Waals surface area contributed by atoms with Gasteiger partial charge in [-0.25, -0.2) is 0 Å². The molecule has 1 amide bonds. The summed E-state index contributed by atoms with van der Waals surface area (Å²) in [5, 5.41) is 0. The molecule has 5 heteroatoms. The van der Waals surface area contributed by atoms with E-state index in [1.165, 1.54) is 0 Å². The summed E-state index contributed by atoms with van der Waals surface area (Å²) >= 11 is 0. The Labute approximate surface area is 154 Å². The van der Waals surface area contributed by atoms with Crippen LogP contribution in [0.15, 0.2) is 55.1 Å². The molecule has 0 aliphatic heterocycles. The van der Waals surface area contributed by atoms with Crippen molar-refractivity contribution in [2.75, 3.05) is 27.4 Å². The quantitative estimate of drug-likeness (QED) is 0.640. The van der Waals surface area contributed by atoms with Crippen LogP contribution < -0.4 is 14.2 Å². The zero-order chi connectivity index (χ0) is 18.9. The van der Waals surface area contributed by atoms with Gasteiger partial charge in [0.15, 0.2) is 11.5 Å². The maximum atomic E-state index is 12.8. The summed E-state index contributed by atoms with van der Waals surface area (Å²) in [4.78, 5) is 14.6. The molecule has 0 aliphatic rings. The second-order valence-electron chi connectivity index (χ2n) is 5.63. The van der Waals surface area contributed by atoms with E-state index < -0.39 is 0 Å². The Kier molecular flexibility index (Phi) is 7.09. The minimum atomic E-state index is -0.0300. The molecule has 2 aromatic carbocycles. The highest BCUT2D eigenvalue weighted by Crippen LogP contribution is 2.28. The number of benzene rings is 2. The molecule has 0 saturated heterocycles. The Hall–Kier alpha value is -2.95. The maximum Gasteiger partial charge on any atom is 0.254 e. The third-order valence-electron chi connectivity index (χ3n) is 3.96. The van der Waals surface area contributed by atoms with Gasteiger partial charge in [0.05, 0.1) is 14.2 Å². The molecule has 0 fully saturated rings. The average Bonchev–Trinajstić information content (AvgIpc) is 2.70. The van der Waals surface area contributed by atoms with Gasteiger partial charge in [0.1, 0.15) is 12.4 Å². The SMILES string of the molecule is C=CCOc1ccc(C(=O)N(CC)Cc2ccc(OC)c(OC)c2)cc1. The van der Waals surface area contributed by atoms with Crippen molar-refractivity contribution in [2.24, 2.45) is 0 Å². The van der Waals surface area contributed by atoms with Gasteiger partial charge in [-0.05, 0) is 48.9 Å². The number of carbonyl (C=O) groups excluding carboxylic acids is 1. The van der Waals surface area contributed by atoms with Crippen molar-refractivity contribution in [3.05, 3.63) is 66.2 Å². The minimum Gasteiger partial charge on any atom is -0.493 e. The van der Waals surface area contributed by atoms with E-state index in [1.54, 1.807) is 49.5 Å². The zero-order valence-electron chi connectivity index (χ0n) is 15.5. The molecule has 138 valence electrons. The van der Waals surface area contributed by atoms with Crippen molar-refractivity contribution in [1.82, 2.24) is 4.90 Å². The lowest BCUT2D eigenvalue weighted by Crippen LogP contribution is -2.30. The normalized spacial score (nSPS) is 10.1. The summed E-state index contributed by atoms with van der Waals surface area (Å²) in [6.07, 6.45) is 1.68. The van der Waals surface area contributed by atoms with Crippen LogP contribution in [0.2, 0.25) is 0 Å². The first kappa shape index (κ1) is 19.4. The molecule has 0 atom stereocenters. The van der Waals surface area contributed by atoms with Gasteiger partial charge in [0.25, 0.3) is 5.91 Å². The first-order valence-corrected chi connectivity index (χ1v) is 8.46. The first-order chi connectivity index (χ1) is 12.6. The molecule has 0 aliphatic carbocycles. The Bertz CT molecular complexity index is 740. The van der Waals surface area contributed by atoms with Crippen molar-refractivity contribution in [2.45, 2.75) is 13.5 Å². The highest BCUT2D eigenvalue weighted by molar-refractivity contribution is 5.94. The van der Waals surface area contributed by atoms with Gasteiger partial charge in [0.2, 0.25) is 0 Å². The molecule has 0 aromatic heterocycles. The van der Waals surface area contributed by atoms with Gasteiger partial charge >= 0.3 is 0 Å². The zero-order valence-corrected chi connectivity index (χ0v) is 15.5. The van der Waals surface area contributed by atoms with E-state index in [-0.39, 0.29) is 5.91 Å². The monoisotopic (exact) mass is 355 g/mol. The van der Waals surface area contributed by atoms with E-state index in [0.717, 1.165) is 5.56 Å². The standard InChI is InChI=1S/C21H25NO4/c1-5-13-26-18-10-8-17(9-11-18)21(23)22(6-2)15-16-7-12-19(24-3)20(14-16)25-4/h5,7-12,14H,1,6,13,15H2,2-4H3. The molecule has 0 unspecified atom stereocenters. The van der Waals surface area contributed by atoms with E-state index in [2.05, 4.69) is 6.58 Å². The first-order valence-electron chi connectivity index (χ1n) is 8.46. The van der Waals surface area contributed by atoms with Gasteiger partial charge in [-0.15, -0.1) is 0 Å². The van der Waals surface area contributed by atoms with Crippen molar-refractivity contribution in [3.63, 3.8) is 0 Å². The fraction of sp³-hybridized carbons (Fsp3) is 0.286. The average molecular weight is 355 g/mol. The predicted molar refractivity (Wildman–Crippen MR) is 102 cm³/mol. The van der Waals surface area contributed by atoms with Crippen LogP contribution in [0.25, 0.3) is 0 Å².